The van der Waals surface area contributed by atoms with Gasteiger partial charge in [-0.3, -0.25) is 9.59 Å². The minimum Gasteiger partial charge on any atom is -0.481 e. The quantitative estimate of drug-likeness (QED) is 0.687. The van der Waals surface area contributed by atoms with Crippen LogP contribution in [-0.4, -0.2) is 21.7 Å². The first-order chi connectivity index (χ1) is 6.50. The van der Waals surface area contributed by atoms with Crippen LogP contribution in [0.4, 0.5) is 0 Å². The van der Waals surface area contributed by atoms with E-state index in [4.69, 9.17) is 16.7 Å². The van der Waals surface area contributed by atoms with E-state index >= 15 is 0 Å². The van der Waals surface area contributed by atoms with E-state index in [0.717, 1.165) is 11.3 Å². The second-order valence-electron chi connectivity index (χ2n) is 2.53. The predicted molar refractivity (Wildman–Crippen MR) is 58.6 cm³/mol. The number of carboxylic acid groups (broad SMARTS) is 1. The molecule has 1 atom stereocenters. The zero-order chi connectivity index (χ0) is 10.7. The average molecular weight is 298 g/mol. The summed E-state index contributed by atoms with van der Waals surface area (Å²) in [6, 6.07) is 3.20. The number of carboxylic acids is 1. The largest absolute Gasteiger partial charge is 0.481 e. The summed E-state index contributed by atoms with van der Waals surface area (Å²) >= 11 is 9.82. The Morgan fingerprint density at radius 1 is 1.57 bits per heavy atom. The summed E-state index contributed by atoms with van der Waals surface area (Å²) in [6.07, 6.45) is -0.228. The number of carbonyl (C=O) groups is 2. The number of aliphatic carboxylic acids is 1. The lowest BCUT2D eigenvalue weighted by molar-refractivity contribution is -0.136. The number of hydrogen-bond acceptors (Lipinski definition) is 3. The highest BCUT2D eigenvalue weighted by Crippen LogP contribution is 2.24. The smallest absolute Gasteiger partial charge is 0.304 e. The number of hydrogen-bond donors (Lipinski definition) is 1. The second kappa shape index (κ2) is 4.91. The van der Waals surface area contributed by atoms with Crippen molar-refractivity contribution in [1.29, 1.82) is 0 Å². The first-order valence-electron chi connectivity index (χ1n) is 3.66. The molecule has 14 heavy (non-hydrogen) atoms. The van der Waals surface area contributed by atoms with Crippen LogP contribution in [0.1, 0.15) is 16.1 Å². The Hall–Kier alpha value is -0.390. The van der Waals surface area contributed by atoms with Gasteiger partial charge in [-0.1, -0.05) is 27.5 Å². The highest BCUT2D eigenvalue weighted by molar-refractivity contribution is 9.10. The molecule has 0 aliphatic carbocycles. The van der Waals surface area contributed by atoms with Crippen molar-refractivity contribution < 1.29 is 14.7 Å². The molecule has 1 N–H and O–H groups in total. The standard InChI is InChI=1S/C8H6BrClO3S/c9-4(3-7(11)12)8(13)5-1-2-6(10)14-5/h1-2,4H,3H2,(H,11,12). The number of ketones is 1. The van der Waals surface area contributed by atoms with E-state index in [1.165, 1.54) is 0 Å². The van der Waals surface area contributed by atoms with Crippen molar-refractivity contribution in [3.05, 3.63) is 21.3 Å². The monoisotopic (exact) mass is 296 g/mol. The molecular weight excluding hydrogens is 292 g/mol. The van der Waals surface area contributed by atoms with Crippen LogP contribution < -0.4 is 0 Å². The third-order valence-corrected chi connectivity index (χ3v) is 3.44. The number of thiophene rings is 1. The zero-order valence-electron chi connectivity index (χ0n) is 6.87. The van der Waals surface area contributed by atoms with Gasteiger partial charge in [0.25, 0.3) is 0 Å². The Kier molecular flexibility index (Phi) is 4.10. The lowest BCUT2D eigenvalue weighted by Crippen LogP contribution is -2.17. The molecule has 1 aromatic rings. The van der Waals surface area contributed by atoms with Gasteiger partial charge in [0, 0.05) is 0 Å². The van der Waals surface area contributed by atoms with Crippen molar-refractivity contribution in [3.63, 3.8) is 0 Å². The minimum absolute atomic E-state index is 0.228. The van der Waals surface area contributed by atoms with E-state index in [9.17, 15) is 9.59 Å². The average Bonchev–Trinajstić information content (AvgIpc) is 2.49. The molecule has 76 valence electrons. The Morgan fingerprint density at radius 2 is 2.21 bits per heavy atom. The molecule has 1 unspecified atom stereocenters. The van der Waals surface area contributed by atoms with Crippen LogP contribution in [-0.2, 0) is 4.79 Å². The van der Waals surface area contributed by atoms with Gasteiger partial charge in [-0.05, 0) is 12.1 Å². The molecule has 3 nitrogen and oxygen atoms in total. The molecule has 0 amide bonds. The number of halogens is 2. The Labute approximate surface area is 97.8 Å². The predicted octanol–water partition coefficient (Wildman–Crippen LogP) is 2.82. The summed E-state index contributed by atoms with van der Waals surface area (Å²) in [5, 5.41) is 8.48. The van der Waals surface area contributed by atoms with Crippen LogP contribution in [0.3, 0.4) is 0 Å². The van der Waals surface area contributed by atoms with Crippen LogP contribution in [0, 0.1) is 0 Å². The Balaban J connectivity index is 2.70. The van der Waals surface area contributed by atoms with Crippen LogP contribution in [0.15, 0.2) is 12.1 Å². The van der Waals surface area contributed by atoms with Crippen LogP contribution >= 0.6 is 38.9 Å². The normalized spacial score (nSPS) is 12.4. The third kappa shape index (κ3) is 3.08. The lowest BCUT2D eigenvalue weighted by Gasteiger charge is -2.02. The van der Waals surface area contributed by atoms with Gasteiger partial charge in [0.15, 0.2) is 5.78 Å². The summed E-state index contributed by atoms with van der Waals surface area (Å²) in [6.45, 7) is 0. The molecule has 0 saturated heterocycles. The van der Waals surface area contributed by atoms with Gasteiger partial charge >= 0.3 is 5.97 Å². The van der Waals surface area contributed by atoms with Crippen molar-refractivity contribution in [2.24, 2.45) is 0 Å². The maximum atomic E-state index is 11.5. The molecule has 0 aliphatic heterocycles. The van der Waals surface area contributed by atoms with Crippen molar-refractivity contribution in [3.8, 4) is 0 Å². The molecule has 0 spiro atoms. The Bertz CT molecular complexity index is 363. The Morgan fingerprint density at radius 3 is 2.64 bits per heavy atom. The number of Topliss-reactive ketones (excluding diaryl/α,β-unsaturated/α-hetero) is 1. The highest BCUT2D eigenvalue weighted by Gasteiger charge is 2.21. The van der Waals surface area contributed by atoms with Crippen molar-refractivity contribution in [2.75, 3.05) is 0 Å². The summed E-state index contributed by atoms with van der Waals surface area (Å²) in [7, 11) is 0. The molecule has 0 bridgehead atoms. The fourth-order valence-corrected chi connectivity index (χ4v) is 2.56. The summed E-state index contributed by atoms with van der Waals surface area (Å²) < 4.78 is 0.517. The molecule has 1 aromatic heterocycles. The molecule has 0 aromatic carbocycles. The van der Waals surface area contributed by atoms with E-state index in [1.54, 1.807) is 12.1 Å². The number of alkyl halides is 1. The van der Waals surface area contributed by atoms with Gasteiger partial charge in [0.2, 0.25) is 0 Å². The van der Waals surface area contributed by atoms with Crippen molar-refractivity contribution in [2.45, 2.75) is 11.2 Å². The molecular formula is C8H6BrClO3S. The topological polar surface area (TPSA) is 54.4 Å². The van der Waals surface area contributed by atoms with Crippen LogP contribution in [0.2, 0.25) is 4.34 Å². The highest BCUT2D eigenvalue weighted by atomic mass is 79.9. The van der Waals surface area contributed by atoms with Gasteiger partial charge in [0.1, 0.15) is 0 Å². The molecule has 0 radical (unpaired) electrons. The van der Waals surface area contributed by atoms with E-state index in [-0.39, 0.29) is 12.2 Å². The van der Waals surface area contributed by atoms with E-state index in [2.05, 4.69) is 15.9 Å². The van der Waals surface area contributed by atoms with Crippen molar-refractivity contribution in [1.82, 2.24) is 0 Å². The minimum atomic E-state index is -1.01. The summed E-state index contributed by atoms with van der Waals surface area (Å²) in [5.74, 6) is -1.26. The van der Waals surface area contributed by atoms with Gasteiger partial charge in [-0.15, -0.1) is 11.3 Å². The van der Waals surface area contributed by atoms with E-state index in [1.807, 2.05) is 0 Å². The fraction of sp³-hybridized carbons (Fsp3) is 0.250. The van der Waals surface area contributed by atoms with Gasteiger partial charge in [-0.25, -0.2) is 0 Å². The first kappa shape index (κ1) is 11.7. The fourth-order valence-electron chi connectivity index (χ4n) is 0.847. The number of carbonyl (C=O) groups excluding carboxylic acids is 1. The molecule has 0 fully saturated rings. The SMILES string of the molecule is O=C(O)CC(Br)C(=O)c1ccc(Cl)s1. The summed E-state index contributed by atoms with van der Waals surface area (Å²) in [5.41, 5.74) is 0. The van der Waals surface area contributed by atoms with Gasteiger partial charge < -0.3 is 5.11 Å². The van der Waals surface area contributed by atoms with Gasteiger partial charge in [-0.2, -0.15) is 0 Å². The van der Waals surface area contributed by atoms with Crippen molar-refractivity contribution >= 4 is 50.6 Å². The first-order valence-corrected chi connectivity index (χ1v) is 5.77. The summed E-state index contributed by atoms with van der Waals surface area (Å²) in [4.78, 5) is 21.7. The maximum Gasteiger partial charge on any atom is 0.304 e. The van der Waals surface area contributed by atoms with Gasteiger partial charge in [0.05, 0.1) is 20.5 Å². The molecule has 0 saturated carbocycles. The van der Waals surface area contributed by atoms with Crippen LogP contribution in [0.5, 0.6) is 0 Å². The maximum absolute atomic E-state index is 11.5. The van der Waals surface area contributed by atoms with E-state index < -0.39 is 10.8 Å². The van der Waals surface area contributed by atoms with E-state index in [0.29, 0.717) is 9.21 Å². The van der Waals surface area contributed by atoms with Crippen LogP contribution in [0.25, 0.3) is 0 Å². The second-order valence-corrected chi connectivity index (χ2v) is 5.35. The molecule has 1 heterocycles. The number of rotatable bonds is 4. The molecule has 0 aliphatic rings. The third-order valence-electron chi connectivity index (χ3n) is 1.45. The lowest BCUT2D eigenvalue weighted by atomic mass is 10.2. The zero-order valence-corrected chi connectivity index (χ0v) is 10.0. The molecule has 1 rings (SSSR count). The molecule has 6 heteroatoms.